The zero-order valence-electron chi connectivity index (χ0n) is 11.0. The topological polar surface area (TPSA) is 271 Å². The molecule has 0 spiro atoms. The van der Waals surface area contributed by atoms with E-state index < -0.39 is 20.7 Å². The Balaban J connectivity index is -0.000000112. The number of hydrogen-bond donors (Lipinski definition) is 7. The summed E-state index contributed by atoms with van der Waals surface area (Å²) in [4.78, 5) is 25.1. The third-order valence-electron chi connectivity index (χ3n) is 1.65. The van der Waals surface area contributed by atoms with Crippen LogP contribution in [0.5, 0.6) is 0 Å². The van der Waals surface area contributed by atoms with Crippen molar-refractivity contribution in [3.63, 3.8) is 0 Å². The van der Waals surface area contributed by atoms with Gasteiger partial charge in [-0.2, -0.15) is 0 Å². The van der Waals surface area contributed by atoms with Crippen LogP contribution in [0.4, 0.5) is 0 Å². The summed E-state index contributed by atoms with van der Waals surface area (Å²) in [6.45, 7) is -1.05. The molecule has 0 atom stereocenters. The second kappa shape index (κ2) is 18.4. The van der Waals surface area contributed by atoms with Crippen molar-refractivity contribution in [1.82, 2.24) is 0 Å². The Morgan fingerprint density at radius 3 is 0.909 bits per heavy atom. The highest BCUT2D eigenvalue weighted by Crippen LogP contribution is 2.18. The SMILES string of the molecule is O=[N+]([O-])O.O=[N+]([O-])O.O=[N+]([O-])O.OCCC(CO)(CO)CO. The van der Waals surface area contributed by atoms with E-state index in [1.165, 1.54) is 0 Å². The third-order valence-corrected chi connectivity index (χ3v) is 1.65. The lowest BCUT2D eigenvalue weighted by Crippen LogP contribution is -2.34. The smallest absolute Gasteiger partial charge is 0.291 e. The number of hydrogen-bond acceptors (Lipinski definition) is 10. The molecule has 22 heavy (non-hydrogen) atoms. The fourth-order valence-electron chi connectivity index (χ4n) is 0.624. The molecule has 0 aliphatic carbocycles. The molecule has 0 rings (SSSR count). The molecule has 0 heterocycles. The number of aliphatic hydroxyl groups is 4. The van der Waals surface area contributed by atoms with Gasteiger partial charge in [0.05, 0.1) is 19.8 Å². The zero-order chi connectivity index (χ0) is 18.8. The van der Waals surface area contributed by atoms with Gasteiger partial charge in [0.25, 0.3) is 15.3 Å². The van der Waals surface area contributed by atoms with Crippen molar-refractivity contribution < 1.29 is 51.3 Å². The van der Waals surface area contributed by atoms with E-state index in [1.54, 1.807) is 0 Å². The minimum atomic E-state index is -1.50. The van der Waals surface area contributed by atoms with Crippen LogP contribution < -0.4 is 0 Å². The normalized spacial score (nSPS) is 8.73. The fourth-order valence-corrected chi connectivity index (χ4v) is 0.624. The second-order valence-electron chi connectivity index (χ2n) is 3.16. The van der Waals surface area contributed by atoms with Gasteiger partial charge in [-0.1, -0.05) is 0 Å². The molecule has 0 aromatic rings. The lowest BCUT2D eigenvalue weighted by molar-refractivity contribution is -0.742. The lowest BCUT2D eigenvalue weighted by atomic mass is 9.88. The fraction of sp³-hybridized carbons (Fsp3) is 1.00. The van der Waals surface area contributed by atoms with Crippen LogP contribution in [0.3, 0.4) is 0 Å². The van der Waals surface area contributed by atoms with E-state index in [2.05, 4.69) is 0 Å². The molecule has 16 heteroatoms. The minimum Gasteiger partial charge on any atom is -0.396 e. The number of nitrogens with zero attached hydrogens (tertiary/aromatic N) is 3. The van der Waals surface area contributed by atoms with Crippen LogP contribution in [0.1, 0.15) is 6.42 Å². The van der Waals surface area contributed by atoms with Crippen LogP contribution in [-0.4, -0.2) is 77.7 Å². The van der Waals surface area contributed by atoms with Crippen LogP contribution in [-0.2, 0) is 0 Å². The van der Waals surface area contributed by atoms with Gasteiger partial charge >= 0.3 is 0 Å². The van der Waals surface area contributed by atoms with E-state index in [-0.39, 0.29) is 32.8 Å². The van der Waals surface area contributed by atoms with Crippen molar-refractivity contribution in [3.8, 4) is 0 Å². The van der Waals surface area contributed by atoms with Gasteiger partial charge in [-0.15, -0.1) is 30.3 Å². The average Bonchev–Trinajstić information content (AvgIpc) is 2.34. The molecule has 16 nitrogen and oxygen atoms in total. The van der Waals surface area contributed by atoms with Gasteiger partial charge in [-0.25, -0.2) is 0 Å². The highest BCUT2D eigenvalue weighted by atomic mass is 16.9. The summed E-state index contributed by atoms with van der Waals surface area (Å²) < 4.78 is 0. The van der Waals surface area contributed by atoms with Crippen LogP contribution in [0, 0.1) is 35.8 Å². The third kappa shape index (κ3) is 43.2. The molecule has 0 bridgehead atoms. The molecule has 0 amide bonds. The summed E-state index contributed by atoms with van der Waals surface area (Å²) in [7, 11) is 0. The van der Waals surface area contributed by atoms with Gasteiger partial charge in [0, 0.05) is 12.0 Å². The lowest BCUT2D eigenvalue weighted by Gasteiger charge is -2.25. The Kier molecular flexibility index (Phi) is 23.2. The first-order valence-electron chi connectivity index (χ1n) is 4.87. The summed E-state index contributed by atoms with van der Waals surface area (Å²) in [6, 6.07) is 0. The first kappa shape index (κ1) is 27.7. The maximum atomic E-state index is 8.68. The summed E-state index contributed by atoms with van der Waals surface area (Å²) in [5.41, 5.74) is -0.908. The van der Waals surface area contributed by atoms with Crippen molar-refractivity contribution in [1.29, 1.82) is 0 Å². The summed E-state index contributed by atoms with van der Waals surface area (Å²) >= 11 is 0. The molecule has 0 unspecified atom stereocenters. The molecule has 0 saturated heterocycles. The Hall–Kier alpha value is -2.56. The van der Waals surface area contributed by atoms with Gasteiger partial charge < -0.3 is 36.0 Å². The van der Waals surface area contributed by atoms with E-state index in [1.807, 2.05) is 0 Å². The minimum absolute atomic E-state index is 0.137. The maximum Gasteiger partial charge on any atom is 0.291 e. The predicted octanol–water partition coefficient (Wildman–Crippen LogP) is -2.71. The maximum absolute atomic E-state index is 8.68. The molecule has 0 aliphatic rings. The van der Waals surface area contributed by atoms with E-state index >= 15 is 0 Å². The zero-order valence-corrected chi connectivity index (χ0v) is 11.0. The number of aliphatic hydroxyl groups excluding tert-OH is 4. The Labute approximate surface area is 121 Å². The standard InChI is InChI=1S/C6H14O4.3HNO3/c7-2-1-6(3-8,4-9)5-10;3*2-1(3)4/h7-10H,1-5H2;3*(H,2,3,4). The largest absolute Gasteiger partial charge is 0.396 e. The van der Waals surface area contributed by atoms with Gasteiger partial charge in [0.15, 0.2) is 0 Å². The van der Waals surface area contributed by atoms with Crippen LogP contribution in [0.25, 0.3) is 0 Å². The van der Waals surface area contributed by atoms with Crippen LogP contribution in [0.2, 0.25) is 0 Å². The van der Waals surface area contributed by atoms with E-state index in [4.69, 9.17) is 66.4 Å². The van der Waals surface area contributed by atoms with Gasteiger partial charge in [-0.3, -0.25) is 0 Å². The summed E-state index contributed by atoms with van der Waals surface area (Å²) in [5.74, 6) is 0. The highest BCUT2D eigenvalue weighted by Gasteiger charge is 2.26. The Morgan fingerprint density at radius 1 is 0.682 bits per heavy atom. The molecule has 0 aliphatic heterocycles. The van der Waals surface area contributed by atoms with Crippen LogP contribution >= 0.6 is 0 Å². The molecule has 0 aromatic carbocycles. The molecular formula is C6H17N3O13. The molecule has 0 fully saturated rings. The molecule has 0 aromatic heterocycles. The monoisotopic (exact) mass is 339 g/mol. The molecule has 134 valence electrons. The predicted molar refractivity (Wildman–Crippen MR) is 61.7 cm³/mol. The van der Waals surface area contributed by atoms with E-state index in [0.717, 1.165) is 0 Å². The molecule has 7 N–H and O–H groups in total. The first-order valence-corrected chi connectivity index (χ1v) is 4.87. The van der Waals surface area contributed by atoms with E-state index in [0.29, 0.717) is 0 Å². The Bertz CT molecular complexity index is 245. The summed E-state index contributed by atoms with van der Waals surface area (Å²) in [5, 5.41) is 75.4. The van der Waals surface area contributed by atoms with Gasteiger partial charge in [0.2, 0.25) is 0 Å². The molecule has 0 radical (unpaired) electrons. The van der Waals surface area contributed by atoms with Gasteiger partial charge in [0.1, 0.15) is 0 Å². The van der Waals surface area contributed by atoms with Crippen molar-refractivity contribution in [2.24, 2.45) is 5.41 Å². The first-order chi connectivity index (χ1) is 9.94. The van der Waals surface area contributed by atoms with Crippen molar-refractivity contribution in [3.05, 3.63) is 30.3 Å². The highest BCUT2D eigenvalue weighted by molar-refractivity contribution is 4.75. The number of rotatable bonds is 5. The summed E-state index contributed by atoms with van der Waals surface area (Å²) in [6.07, 6.45) is 0.219. The molecule has 0 saturated carbocycles. The van der Waals surface area contributed by atoms with Crippen LogP contribution in [0.15, 0.2) is 0 Å². The average molecular weight is 339 g/mol. The van der Waals surface area contributed by atoms with Crippen molar-refractivity contribution in [2.45, 2.75) is 6.42 Å². The van der Waals surface area contributed by atoms with Gasteiger partial charge in [-0.05, 0) is 6.42 Å². The quantitative estimate of drug-likeness (QED) is 0.198. The Morgan fingerprint density at radius 2 is 0.864 bits per heavy atom. The van der Waals surface area contributed by atoms with Crippen molar-refractivity contribution >= 4 is 0 Å². The second-order valence-corrected chi connectivity index (χ2v) is 3.16. The van der Waals surface area contributed by atoms with E-state index in [9.17, 15) is 0 Å². The van der Waals surface area contributed by atoms with Crippen molar-refractivity contribution in [2.75, 3.05) is 26.4 Å². The molecular weight excluding hydrogens is 322 g/mol.